The molecule has 2 rings (SSSR count). The van der Waals surface area contributed by atoms with Crippen LogP contribution in [0.25, 0.3) is 6.08 Å². The van der Waals surface area contributed by atoms with Crippen LogP contribution in [0.4, 0.5) is 0 Å². The molecule has 0 bridgehead atoms. The lowest BCUT2D eigenvalue weighted by Gasteiger charge is -2.20. The summed E-state index contributed by atoms with van der Waals surface area (Å²) in [5, 5.41) is 2.99. The van der Waals surface area contributed by atoms with E-state index >= 15 is 0 Å². The molecule has 1 N–H and O–H groups in total. The zero-order valence-electron chi connectivity index (χ0n) is 17.0. The highest BCUT2D eigenvalue weighted by Crippen LogP contribution is 2.28. The van der Waals surface area contributed by atoms with Crippen LogP contribution in [0.15, 0.2) is 48.5 Å². The largest absolute Gasteiger partial charge is 0.493 e. The number of amides is 1. The molecule has 4 nitrogen and oxygen atoms in total. The molecule has 0 spiro atoms. The highest BCUT2D eigenvalue weighted by Gasteiger charge is 2.14. The molecule has 0 saturated heterocycles. The van der Waals surface area contributed by atoms with Crippen LogP contribution in [0.2, 0.25) is 0 Å². The molecule has 0 aliphatic carbocycles. The maximum Gasteiger partial charge on any atom is 0.244 e. The maximum atomic E-state index is 12.3. The van der Waals surface area contributed by atoms with Gasteiger partial charge in [-0.2, -0.15) is 0 Å². The van der Waals surface area contributed by atoms with Crippen LogP contribution in [-0.2, 0) is 10.2 Å². The van der Waals surface area contributed by atoms with E-state index in [4.69, 9.17) is 9.47 Å². The van der Waals surface area contributed by atoms with Crippen molar-refractivity contribution in [1.29, 1.82) is 0 Å². The molecule has 0 aromatic heterocycles. The van der Waals surface area contributed by atoms with Gasteiger partial charge in [0.1, 0.15) is 0 Å². The van der Waals surface area contributed by atoms with Gasteiger partial charge in [-0.15, -0.1) is 0 Å². The Balaban J connectivity index is 2.01. The summed E-state index contributed by atoms with van der Waals surface area (Å²) in [5.41, 5.74) is 3.34. The summed E-state index contributed by atoms with van der Waals surface area (Å²) in [6.45, 7) is 8.54. The summed E-state index contributed by atoms with van der Waals surface area (Å²) >= 11 is 0. The molecule has 0 fully saturated rings. The molecular formula is C23H29NO3. The maximum absolute atomic E-state index is 12.3. The quantitative estimate of drug-likeness (QED) is 0.739. The van der Waals surface area contributed by atoms with Crippen LogP contribution in [-0.4, -0.2) is 20.1 Å². The summed E-state index contributed by atoms with van der Waals surface area (Å²) in [6, 6.07) is 13.8. The Morgan fingerprint density at radius 3 is 2.19 bits per heavy atom. The van der Waals surface area contributed by atoms with Crippen LogP contribution in [0.5, 0.6) is 11.5 Å². The van der Waals surface area contributed by atoms with E-state index in [0.29, 0.717) is 11.5 Å². The molecule has 2 aromatic carbocycles. The smallest absolute Gasteiger partial charge is 0.244 e. The number of carbonyl (C=O) groups excluding carboxylic acids is 1. The van der Waals surface area contributed by atoms with Crippen molar-refractivity contribution in [2.24, 2.45) is 0 Å². The predicted molar refractivity (Wildman–Crippen MR) is 110 cm³/mol. The fraction of sp³-hybridized carbons (Fsp3) is 0.348. The monoisotopic (exact) mass is 367 g/mol. The van der Waals surface area contributed by atoms with Gasteiger partial charge in [-0.05, 0) is 47.2 Å². The van der Waals surface area contributed by atoms with E-state index in [1.54, 1.807) is 20.3 Å². The second kappa shape index (κ2) is 8.76. The molecule has 27 heavy (non-hydrogen) atoms. The van der Waals surface area contributed by atoms with E-state index in [2.05, 4.69) is 50.4 Å². The SMILES string of the molecule is COc1ccc(/C=C/C(=O)N[C@H](C)c2ccc(C(C)(C)C)cc2)cc1OC. The van der Waals surface area contributed by atoms with Crippen molar-refractivity contribution in [3.63, 3.8) is 0 Å². The highest BCUT2D eigenvalue weighted by atomic mass is 16.5. The first-order valence-corrected chi connectivity index (χ1v) is 9.05. The van der Waals surface area contributed by atoms with Crippen molar-refractivity contribution < 1.29 is 14.3 Å². The third-order valence-electron chi connectivity index (χ3n) is 4.47. The summed E-state index contributed by atoms with van der Waals surface area (Å²) < 4.78 is 10.5. The predicted octanol–water partition coefficient (Wildman–Crippen LogP) is 4.89. The molecule has 1 atom stereocenters. The Morgan fingerprint density at radius 2 is 1.63 bits per heavy atom. The number of hydrogen-bond donors (Lipinski definition) is 1. The molecule has 2 aromatic rings. The lowest BCUT2D eigenvalue weighted by molar-refractivity contribution is -0.117. The van der Waals surface area contributed by atoms with Gasteiger partial charge in [0.05, 0.1) is 20.3 Å². The summed E-state index contributed by atoms with van der Waals surface area (Å²) in [7, 11) is 3.18. The van der Waals surface area contributed by atoms with Gasteiger partial charge in [-0.3, -0.25) is 4.79 Å². The van der Waals surface area contributed by atoms with E-state index in [-0.39, 0.29) is 17.4 Å². The summed E-state index contributed by atoms with van der Waals surface area (Å²) in [6.07, 6.45) is 3.29. The number of carbonyl (C=O) groups is 1. The van der Waals surface area contributed by atoms with Crippen molar-refractivity contribution in [2.75, 3.05) is 14.2 Å². The number of nitrogens with one attached hydrogen (secondary N) is 1. The fourth-order valence-electron chi connectivity index (χ4n) is 2.75. The zero-order valence-corrected chi connectivity index (χ0v) is 17.0. The van der Waals surface area contributed by atoms with Gasteiger partial charge in [-0.1, -0.05) is 51.1 Å². The first-order chi connectivity index (χ1) is 12.7. The summed E-state index contributed by atoms with van der Waals surface area (Å²) in [5.74, 6) is 1.15. The second-order valence-corrected chi connectivity index (χ2v) is 7.55. The molecule has 0 radical (unpaired) electrons. The van der Waals surface area contributed by atoms with Gasteiger partial charge >= 0.3 is 0 Å². The lowest BCUT2D eigenvalue weighted by Crippen LogP contribution is -2.24. The molecular weight excluding hydrogens is 338 g/mol. The van der Waals surface area contributed by atoms with E-state index in [0.717, 1.165) is 11.1 Å². The van der Waals surface area contributed by atoms with E-state index in [9.17, 15) is 4.79 Å². The van der Waals surface area contributed by atoms with Crippen molar-refractivity contribution >= 4 is 12.0 Å². The Bertz CT molecular complexity index is 801. The van der Waals surface area contributed by atoms with Crippen molar-refractivity contribution in [3.8, 4) is 11.5 Å². The lowest BCUT2D eigenvalue weighted by atomic mass is 9.86. The van der Waals surface area contributed by atoms with Gasteiger partial charge in [-0.25, -0.2) is 0 Å². The van der Waals surface area contributed by atoms with Gasteiger partial charge in [0.25, 0.3) is 0 Å². The van der Waals surface area contributed by atoms with Gasteiger partial charge in [0, 0.05) is 6.08 Å². The average Bonchev–Trinajstić information content (AvgIpc) is 2.65. The van der Waals surface area contributed by atoms with Gasteiger partial charge in [0.2, 0.25) is 5.91 Å². The fourth-order valence-corrected chi connectivity index (χ4v) is 2.75. The molecule has 0 aliphatic rings. The number of benzene rings is 2. The van der Waals surface area contributed by atoms with E-state index in [1.165, 1.54) is 11.6 Å². The minimum Gasteiger partial charge on any atom is -0.493 e. The molecule has 0 saturated carbocycles. The average molecular weight is 367 g/mol. The Hall–Kier alpha value is -2.75. The van der Waals surface area contributed by atoms with Crippen molar-refractivity contribution in [1.82, 2.24) is 5.32 Å². The van der Waals surface area contributed by atoms with E-state index < -0.39 is 0 Å². The van der Waals surface area contributed by atoms with Gasteiger partial charge in [0.15, 0.2) is 11.5 Å². The molecule has 0 heterocycles. The van der Waals surface area contributed by atoms with E-state index in [1.807, 2.05) is 25.1 Å². The molecule has 0 aliphatic heterocycles. The molecule has 0 unspecified atom stereocenters. The first kappa shape index (κ1) is 20.6. The van der Waals surface area contributed by atoms with Crippen LogP contribution in [0.1, 0.15) is 50.4 Å². The summed E-state index contributed by atoms with van der Waals surface area (Å²) in [4.78, 5) is 12.3. The highest BCUT2D eigenvalue weighted by molar-refractivity contribution is 5.92. The minimum absolute atomic E-state index is 0.0680. The van der Waals surface area contributed by atoms with Crippen molar-refractivity contribution in [2.45, 2.75) is 39.2 Å². The zero-order chi connectivity index (χ0) is 20.0. The standard InChI is InChI=1S/C23H29NO3/c1-16(18-9-11-19(12-10-18)23(2,3)4)24-22(25)14-8-17-7-13-20(26-5)21(15-17)27-6/h7-16H,1-6H3,(H,24,25)/b14-8+/t16-/m1/s1. The third-order valence-corrected chi connectivity index (χ3v) is 4.47. The first-order valence-electron chi connectivity index (χ1n) is 9.05. The Morgan fingerprint density at radius 1 is 1.00 bits per heavy atom. The van der Waals surface area contributed by atoms with Crippen LogP contribution >= 0.6 is 0 Å². The molecule has 4 heteroatoms. The number of rotatable bonds is 6. The molecule has 1 amide bonds. The Kier molecular flexibility index (Phi) is 6.67. The minimum atomic E-state index is -0.141. The van der Waals surface area contributed by atoms with Crippen LogP contribution in [0.3, 0.4) is 0 Å². The normalized spacial score (nSPS) is 12.7. The van der Waals surface area contributed by atoms with Gasteiger partial charge < -0.3 is 14.8 Å². The Labute approximate surface area is 162 Å². The van der Waals surface area contributed by atoms with Crippen LogP contribution < -0.4 is 14.8 Å². The molecule has 144 valence electrons. The third kappa shape index (κ3) is 5.61. The number of methoxy groups -OCH3 is 2. The number of ether oxygens (including phenoxy) is 2. The second-order valence-electron chi connectivity index (χ2n) is 7.55. The number of hydrogen-bond acceptors (Lipinski definition) is 3. The topological polar surface area (TPSA) is 47.6 Å². The van der Waals surface area contributed by atoms with Crippen LogP contribution in [0, 0.1) is 0 Å². The van der Waals surface area contributed by atoms with Crippen molar-refractivity contribution in [3.05, 3.63) is 65.2 Å².